The van der Waals surface area contributed by atoms with Crippen LogP contribution in [0.1, 0.15) is 39.0 Å². The lowest BCUT2D eigenvalue weighted by Crippen LogP contribution is -2.43. The molecular weight excluding hydrogens is 497 g/mol. The first kappa shape index (κ1) is 23.0. The van der Waals surface area contributed by atoms with Gasteiger partial charge < -0.3 is 16.0 Å². The summed E-state index contributed by atoms with van der Waals surface area (Å²) in [6.07, 6.45) is 8.54. The van der Waals surface area contributed by atoms with Gasteiger partial charge >= 0.3 is 0 Å². The maximum atomic E-state index is 12.7. The molecule has 2 bridgehead atoms. The number of fused-ring (bicyclic) bond motifs is 5. The van der Waals surface area contributed by atoms with Crippen LogP contribution in [-0.2, 0) is 14.4 Å². The molecule has 0 aromatic carbocycles. The van der Waals surface area contributed by atoms with Crippen molar-refractivity contribution in [1.82, 2.24) is 20.9 Å². The number of nitrogens with zero attached hydrogens (tertiary/aromatic N) is 2. The molecule has 3 aliphatic carbocycles. The molecule has 4 aliphatic rings. The molecule has 3 amide bonds. The minimum absolute atomic E-state index is 0. The molecule has 8 nitrogen and oxygen atoms in total. The van der Waals surface area contributed by atoms with Gasteiger partial charge in [-0.05, 0) is 44.4 Å². The van der Waals surface area contributed by atoms with Gasteiger partial charge in [-0.2, -0.15) is 0 Å². The van der Waals surface area contributed by atoms with Crippen LogP contribution in [0.4, 0.5) is 0 Å². The number of carbonyl (C=O) groups is 3. The molecule has 4 rings (SSSR count). The third-order valence-electron chi connectivity index (χ3n) is 6.31. The highest BCUT2D eigenvalue weighted by atomic mass is 127. The Bertz CT molecular complexity index is 706. The smallest absolute Gasteiger partial charge is 0.233 e. The van der Waals surface area contributed by atoms with E-state index in [-0.39, 0.29) is 65.4 Å². The summed E-state index contributed by atoms with van der Waals surface area (Å²) in [5.74, 6) is 0.939. The zero-order valence-corrected chi connectivity index (χ0v) is 19.8. The molecule has 4 atom stereocenters. The van der Waals surface area contributed by atoms with E-state index in [0.29, 0.717) is 44.5 Å². The Hall–Kier alpha value is -1.65. The van der Waals surface area contributed by atoms with Gasteiger partial charge in [-0.25, -0.2) is 0 Å². The van der Waals surface area contributed by atoms with Gasteiger partial charge in [-0.1, -0.05) is 12.2 Å². The highest BCUT2D eigenvalue weighted by molar-refractivity contribution is 14.0. The fraction of sp³-hybridized carbons (Fsp3) is 0.714. The monoisotopic (exact) mass is 529 g/mol. The van der Waals surface area contributed by atoms with Crippen molar-refractivity contribution in [1.29, 1.82) is 0 Å². The Morgan fingerprint density at radius 1 is 1.13 bits per heavy atom. The number of hydrogen-bond donors (Lipinski definition) is 3. The molecule has 1 heterocycles. The van der Waals surface area contributed by atoms with Crippen LogP contribution in [0.15, 0.2) is 17.1 Å². The number of aliphatic imine (C=N–C) groups is 1. The van der Waals surface area contributed by atoms with Gasteiger partial charge in [0.1, 0.15) is 0 Å². The van der Waals surface area contributed by atoms with E-state index in [0.717, 1.165) is 25.8 Å². The first-order chi connectivity index (χ1) is 14.1. The number of imide groups is 1. The fourth-order valence-electron chi connectivity index (χ4n) is 4.77. The average molecular weight is 529 g/mol. The molecule has 0 aromatic heterocycles. The maximum absolute atomic E-state index is 12.7. The number of guanidine groups is 1. The Labute approximate surface area is 194 Å². The van der Waals surface area contributed by atoms with Crippen LogP contribution >= 0.6 is 24.0 Å². The van der Waals surface area contributed by atoms with E-state index in [1.165, 1.54) is 4.90 Å². The summed E-state index contributed by atoms with van der Waals surface area (Å²) >= 11 is 0. The molecule has 3 fully saturated rings. The van der Waals surface area contributed by atoms with Crippen LogP contribution in [0.25, 0.3) is 0 Å². The molecule has 1 aliphatic heterocycles. The van der Waals surface area contributed by atoms with Crippen LogP contribution in [0, 0.1) is 23.7 Å². The summed E-state index contributed by atoms with van der Waals surface area (Å²) in [6.45, 7) is 4.08. The van der Waals surface area contributed by atoms with Crippen LogP contribution in [0.3, 0.4) is 0 Å². The van der Waals surface area contributed by atoms with Crippen molar-refractivity contribution in [2.75, 3.05) is 26.2 Å². The molecule has 30 heavy (non-hydrogen) atoms. The number of likely N-dealkylation sites (tertiary alicyclic amines) is 1. The Morgan fingerprint density at radius 2 is 1.80 bits per heavy atom. The number of nitrogens with one attached hydrogen (secondary N) is 3. The van der Waals surface area contributed by atoms with Crippen molar-refractivity contribution in [3.05, 3.63) is 12.2 Å². The normalized spacial score (nSPS) is 29.1. The maximum Gasteiger partial charge on any atom is 0.233 e. The van der Waals surface area contributed by atoms with E-state index in [9.17, 15) is 14.4 Å². The van der Waals surface area contributed by atoms with Gasteiger partial charge in [-0.3, -0.25) is 24.3 Å². The number of allylic oxidation sites excluding steroid dienone is 2. The standard InChI is InChI=1S/C21H31N5O3.HI/c1-2-22-21(23-9-3-4-16(27)25-15-7-8-15)24-10-11-26-19(28)17-13-5-6-14(12-13)18(17)20(26)29;/h5-6,13-15,17-18H,2-4,7-12H2,1H3,(H,25,27)(H2,22,23,24);1H. The van der Waals surface area contributed by atoms with E-state index >= 15 is 0 Å². The van der Waals surface area contributed by atoms with Gasteiger partial charge in [-0.15, -0.1) is 24.0 Å². The van der Waals surface area contributed by atoms with Gasteiger partial charge in [0, 0.05) is 38.6 Å². The number of hydrogen-bond acceptors (Lipinski definition) is 4. The van der Waals surface area contributed by atoms with Crippen LogP contribution in [-0.4, -0.2) is 60.8 Å². The lowest BCUT2D eigenvalue weighted by atomic mass is 9.85. The van der Waals surface area contributed by atoms with Crippen LogP contribution < -0.4 is 16.0 Å². The molecule has 1 saturated heterocycles. The molecule has 0 aromatic rings. The van der Waals surface area contributed by atoms with E-state index in [2.05, 4.69) is 33.1 Å². The topological polar surface area (TPSA) is 103 Å². The summed E-state index contributed by atoms with van der Waals surface area (Å²) in [5, 5.41) is 9.34. The van der Waals surface area contributed by atoms with Crippen LogP contribution in [0.2, 0.25) is 0 Å². The van der Waals surface area contributed by atoms with Crippen molar-refractivity contribution in [3.63, 3.8) is 0 Å². The highest BCUT2D eigenvalue weighted by Gasteiger charge is 2.58. The summed E-state index contributed by atoms with van der Waals surface area (Å²) in [7, 11) is 0. The lowest BCUT2D eigenvalue weighted by molar-refractivity contribution is -0.140. The van der Waals surface area contributed by atoms with Gasteiger partial charge in [0.25, 0.3) is 0 Å². The molecule has 0 spiro atoms. The molecule has 4 unspecified atom stereocenters. The zero-order chi connectivity index (χ0) is 20.4. The number of rotatable bonds is 9. The Kier molecular flexibility index (Phi) is 7.75. The predicted molar refractivity (Wildman–Crippen MR) is 124 cm³/mol. The van der Waals surface area contributed by atoms with E-state index in [1.54, 1.807) is 0 Å². The third-order valence-corrected chi connectivity index (χ3v) is 6.31. The summed E-state index contributed by atoms with van der Waals surface area (Å²) in [4.78, 5) is 43.0. The van der Waals surface area contributed by atoms with Crippen molar-refractivity contribution in [2.45, 2.75) is 45.1 Å². The molecular formula is C21H32IN5O3. The second-order valence-electron chi connectivity index (χ2n) is 8.46. The molecule has 9 heteroatoms. The van der Waals surface area contributed by atoms with Crippen molar-refractivity contribution < 1.29 is 14.4 Å². The number of carbonyl (C=O) groups excluding carboxylic acids is 3. The van der Waals surface area contributed by atoms with Gasteiger partial charge in [0.05, 0.1) is 11.8 Å². The molecule has 3 N–H and O–H groups in total. The number of amides is 3. The van der Waals surface area contributed by atoms with Crippen molar-refractivity contribution in [2.24, 2.45) is 28.7 Å². The minimum atomic E-state index is -0.138. The lowest BCUT2D eigenvalue weighted by Gasteiger charge is -2.18. The minimum Gasteiger partial charge on any atom is -0.357 e. The fourth-order valence-corrected chi connectivity index (χ4v) is 4.77. The highest BCUT2D eigenvalue weighted by Crippen LogP contribution is 2.52. The summed E-state index contributed by atoms with van der Waals surface area (Å²) in [6, 6.07) is 0.395. The van der Waals surface area contributed by atoms with Crippen molar-refractivity contribution >= 4 is 47.7 Å². The second kappa shape index (κ2) is 10.1. The summed E-state index contributed by atoms with van der Waals surface area (Å²) in [5.41, 5.74) is 0. The van der Waals surface area contributed by atoms with E-state index in [1.807, 2.05) is 6.92 Å². The van der Waals surface area contributed by atoms with Gasteiger partial charge in [0.15, 0.2) is 5.96 Å². The summed E-state index contributed by atoms with van der Waals surface area (Å²) < 4.78 is 0. The first-order valence-electron chi connectivity index (χ1n) is 10.9. The van der Waals surface area contributed by atoms with E-state index in [4.69, 9.17) is 0 Å². The van der Waals surface area contributed by atoms with Crippen LogP contribution in [0.5, 0.6) is 0 Å². The quantitative estimate of drug-likeness (QED) is 0.103. The van der Waals surface area contributed by atoms with E-state index < -0.39 is 0 Å². The third kappa shape index (κ3) is 4.97. The SMILES string of the molecule is CCNC(=NCCCC(=O)NC1CC1)NCCN1C(=O)C2C3C=CC(C3)C2C1=O.I. The van der Waals surface area contributed by atoms with Crippen molar-refractivity contribution in [3.8, 4) is 0 Å². The average Bonchev–Trinajstić information content (AvgIpc) is 3.17. The molecule has 2 saturated carbocycles. The second-order valence-corrected chi connectivity index (χ2v) is 8.46. The Morgan fingerprint density at radius 3 is 2.40 bits per heavy atom. The zero-order valence-electron chi connectivity index (χ0n) is 17.4. The largest absolute Gasteiger partial charge is 0.357 e. The Balaban J connectivity index is 0.00000256. The molecule has 166 valence electrons. The predicted octanol–water partition coefficient (Wildman–Crippen LogP) is 1.03. The molecule has 0 radical (unpaired) electrons. The number of halogens is 1. The first-order valence-corrected chi connectivity index (χ1v) is 10.9. The van der Waals surface area contributed by atoms with Gasteiger partial charge in [0.2, 0.25) is 17.7 Å².